The molecule has 3 rings (SSSR count). The molecule has 36 heavy (non-hydrogen) atoms. The van der Waals surface area contributed by atoms with Crippen molar-refractivity contribution in [1.29, 1.82) is 5.26 Å². The van der Waals surface area contributed by atoms with E-state index in [9.17, 15) is 18.4 Å². The molecule has 0 radical (unpaired) electrons. The van der Waals surface area contributed by atoms with Crippen molar-refractivity contribution in [2.75, 3.05) is 64.4 Å². The third kappa shape index (κ3) is 6.18. The molecule has 0 unspecified atom stereocenters. The van der Waals surface area contributed by atoms with Crippen LogP contribution in [0, 0.1) is 18.3 Å². The molecule has 2 aliphatic heterocycles. The Morgan fingerprint density at radius 1 is 1.17 bits per heavy atom. The number of carbonyl (C=O) groups is 1. The van der Waals surface area contributed by atoms with Crippen LogP contribution < -0.4 is 10.4 Å². The van der Waals surface area contributed by atoms with Gasteiger partial charge in [-0.1, -0.05) is 12.1 Å². The van der Waals surface area contributed by atoms with Gasteiger partial charge in [0.25, 0.3) is 5.91 Å². The third-order valence-corrected chi connectivity index (χ3v) is 10.1. The van der Waals surface area contributed by atoms with Gasteiger partial charge in [-0.15, -0.1) is 0 Å². The van der Waals surface area contributed by atoms with E-state index in [0.717, 1.165) is 30.5 Å². The predicted octanol–water partition coefficient (Wildman–Crippen LogP) is 1.67. The highest BCUT2D eigenvalue weighted by molar-refractivity contribution is 7.91. The summed E-state index contributed by atoms with van der Waals surface area (Å²) in [7, 11) is -2.37. The first kappa shape index (κ1) is 28.3. The smallest absolute Gasteiger partial charge is 0.266 e. The van der Waals surface area contributed by atoms with Crippen LogP contribution in [0.3, 0.4) is 0 Å². The van der Waals surface area contributed by atoms with E-state index in [-0.39, 0.29) is 25.9 Å². The molecule has 2 N–H and O–H groups in total. The highest BCUT2D eigenvalue weighted by Gasteiger charge is 2.55. The van der Waals surface area contributed by atoms with E-state index in [1.165, 1.54) is 9.87 Å². The molecule has 0 aliphatic carbocycles. The minimum Gasteiger partial charge on any atom is -0.383 e. The average molecular weight is 522 g/mol. The van der Waals surface area contributed by atoms with Crippen LogP contribution in [0.25, 0.3) is 0 Å². The largest absolute Gasteiger partial charge is 0.383 e. The lowest BCUT2D eigenvalue weighted by molar-refractivity contribution is -0.133. The fourth-order valence-electron chi connectivity index (χ4n) is 5.24. The first-order valence-corrected chi connectivity index (χ1v) is 14.1. The van der Waals surface area contributed by atoms with E-state index in [2.05, 4.69) is 41.0 Å². The van der Waals surface area contributed by atoms with Gasteiger partial charge in [-0.05, 0) is 56.2 Å². The molecule has 10 nitrogen and oxygen atoms in total. The number of likely N-dealkylation sites (tertiary alicyclic amines) is 1. The van der Waals surface area contributed by atoms with Crippen LogP contribution in [0.4, 0.5) is 5.69 Å². The van der Waals surface area contributed by atoms with Crippen LogP contribution in [0.15, 0.2) is 18.2 Å². The number of aryl methyl sites for hydroxylation is 2. The summed E-state index contributed by atoms with van der Waals surface area (Å²) in [6.07, 6.45) is 3.65. The molecule has 0 bridgehead atoms. The molecule has 2 heterocycles. The van der Waals surface area contributed by atoms with E-state index in [4.69, 9.17) is 10.00 Å². The lowest BCUT2D eigenvalue weighted by atomic mass is 9.95. The van der Waals surface area contributed by atoms with Crippen LogP contribution in [-0.4, -0.2) is 93.0 Å². The van der Waals surface area contributed by atoms with Gasteiger partial charge in [-0.2, -0.15) is 9.57 Å². The first-order valence-electron chi connectivity index (χ1n) is 12.7. The summed E-state index contributed by atoms with van der Waals surface area (Å²) in [4.78, 5) is 17.0. The van der Waals surface area contributed by atoms with E-state index < -0.39 is 20.7 Å². The van der Waals surface area contributed by atoms with Gasteiger partial charge in [0, 0.05) is 65.0 Å². The van der Waals surface area contributed by atoms with Gasteiger partial charge in [-0.25, -0.2) is 13.9 Å². The maximum Gasteiger partial charge on any atom is 0.266 e. The molecule has 2 saturated heterocycles. The molecule has 11 heteroatoms. The van der Waals surface area contributed by atoms with Gasteiger partial charge in [0.15, 0.2) is 4.75 Å². The van der Waals surface area contributed by atoms with Crippen LogP contribution in [-0.2, 0) is 26.0 Å². The normalized spacial score (nSPS) is 19.1. The van der Waals surface area contributed by atoms with E-state index >= 15 is 0 Å². The minimum atomic E-state index is -3.99. The summed E-state index contributed by atoms with van der Waals surface area (Å²) in [5.41, 5.74) is 5.10. The van der Waals surface area contributed by atoms with E-state index in [0.29, 0.717) is 45.8 Å². The fraction of sp³-hybridized carbons (Fsp3) is 0.680. The van der Waals surface area contributed by atoms with Crippen molar-refractivity contribution < 1.29 is 23.2 Å². The molecule has 1 aromatic carbocycles. The lowest BCUT2D eigenvalue weighted by Gasteiger charge is -2.44. The Labute approximate surface area is 214 Å². The number of sulfonamides is 1. The Bertz CT molecular complexity index is 1030. The zero-order chi connectivity index (χ0) is 26.2. The number of rotatable bonds is 11. The van der Waals surface area contributed by atoms with Crippen LogP contribution in [0.5, 0.6) is 0 Å². The number of amides is 1. The van der Waals surface area contributed by atoms with Gasteiger partial charge in [-0.3, -0.25) is 10.0 Å². The summed E-state index contributed by atoms with van der Waals surface area (Å²) in [6, 6.07) is 8.55. The number of nitriles is 1. The number of benzene rings is 1. The molecule has 1 amide bonds. The number of piperazine rings is 1. The van der Waals surface area contributed by atoms with Crippen LogP contribution in [0.1, 0.15) is 43.2 Å². The maximum atomic E-state index is 13.8. The first-order chi connectivity index (χ1) is 17.3. The molecule has 1 aromatic rings. The van der Waals surface area contributed by atoms with Crippen molar-refractivity contribution in [1.82, 2.24) is 14.7 Å². The van der Waals surface area contributed by atoms with E-state index in [1.807, 2.05) is 0 Å². The molecule has 2 fully saturated rings. The molecule has 0 atom stereocenters. The molecule has 200 valence electrons. The number of nitrogens with one attached hydrogen (secondary N) is 1. The molecule has 2 aliphatic rings. The Morgan fingerprint density at radius 2 is 1.86 bits per heavy atom. The predicted molar refractivity (Wildman–Crippen MR) is 137 cm³/mol. The number of unbranched alkanes of at least 4 members (excludes halogenated alkanes) is 2. The number of hydrogen-bond acceptors (Lipinski definition) is 8. The average Bonchev–Trinajstić information content (AvgIpc) is 2.90. The second-order valence-corrected chi connectivity index (χ2v) is 11.9. The molecular weight excluding hydrogens is 482 g/mol. The lowest BCUT2D eigenvalue weighted by Crippen LogP contribution is -2.63. The second kappa shape index (κ2) is 12.8. The molecular formula is C25H39N5O5S. The Balaban J connectivity index is 1.65. The zero-order valence-corrected chi connectivity index (χ0v) is 22.2. The van der Waals surface area contributed by atoms with Crippen molar-refractivity contribution in [3.05, 3.63) is 29.3 Å². The minimum absolute atomic E-state index is 0.126. The summed E-state index contributed by atoms with van der Waals surface area (Å²) >= 11 is 0. The summed E-state index contributed by atoms with van der Waals surface area (Å²) in [5.74, 6) is -0.850. The Hall–Kier alpha value is -2.23. The number of carbonyl (C=O) groups excluding carboxylic acids is 1. The van der Waals surface area contributed by atoms with Gasteiger partial charge >= 0.3 is 0 Å². The van der Waals surface area contributed by atoms with Gasteiger partial charge < -0.3 is 14.5 Å². The Kier molecular flexibility index (Phi) is 10.1. The number of piperidine rings is 1. The number of ether oxygens (including phenoxy) is 1. The SMILES string of the molecule is COCCN1CCC(C(=O)NO)(S(=O)(=O)N2CCN(c3ccc(CCCCC#N)cc3C)CC2)CC1. The zero-order valence-electron chi connectivity index (χ0n) is 21.4. The number of nitrogens with zero attached hydrogens (tertiary/aromatic N) is 4. The number of hydroxylamine groups is 1. The van der Waals surface area contributed by atoms with Crippen molar-refractivity contribution in [3.63, 3.8) is 0 Å². The van der Waals surface area contributed by atoms with Crippen molar-refractivity contribution in [3.8, 4) is 6.07 Å². The summed E-state index contributed by atoms with van der Waals surface area (Å²) < 4.78 is 32.4. The highest BCUT2D eigenvalue weighted by Crippen LogP contribution is 2.35. The number of methoxy groups -OCH3 is 1. The topological polar surface area (TPSA) is 126 Å². The third-order valence-electron chi connectivity index (χ3n) is 7.47. The molecule has 0 saturated carbocycles. The summed E-state index contributed by atoms with van der Waals surface area (Å²) in [5, 5.41) is 18.1. The standard InChI is InChI=1S/C25H39N5O5S/c1-21-20-22(6-4-3-5-11-26)7-8-23(21)29-14-16-30(17-15-29)36(33,34)25(24(31)27-32)9-12-28(13-10-25)18-19-35-2/h7-8,20,32H,3-6,9-10,12-19H2,1-2H3,(H,27,31). The van der Waals surface area contributed by atoms with Crippen molar-refractivity contribution in [2.24, 2.45) is 0 Å². The monoisotopic (exact) mass is 521 g/mol. The maximum absolute atomic E-state index is 13.8. The van der Waals surface area contributed by atoms with Crippen LogP contribution >= 0.6 is 0 Å². The molecule has 0 aromatic heterocycles. The Morgan fingerprint density at radius 3 is 2.44 bits per heavy atom. The number of hydrogen-bond donors (Lipinski definition) is 2. The quantitative estimate of drug-likeness (QED) is 0.256. The number of anilines is 1. The van der Waals surface area contributed by atoms with E-state index in [1.54, 1.807) is 12.6 Å². The highest BCUT2D eigenvalue weighted by atomic mass is 32.2. The van der Waals surface area contributed by atoms with Crippen molar-refractivity contribution in [2.45, 2.75) is 50.2 Å². The van der Waals surface area contributed by atoms with Gasteiger partial charge in [0.1, 0.15) is 0 Å². The summed E-state index contributed by atoms with van der Waals surface area (Å²) in [6.45, 7) is 5.78. The van der Waals surface area contributed by atoms with Gasteiger partial charge in [0.2, 0.25) is 10.0 Å². The fourth-order valence-corrected chi connectivity index (χ4v) is 7.36. The van der Waals surface area contributed by atoms with Crippen molar-refractivity contribution >= 4 is 21.6 Å². The van der Waals surface area contributed by atoms with Crippen LogP contribution in [0.2, 0.25) is 0 Å². The molecule has 0 spiro atoms. The second-order valence-electron chi connectivity index (χ2n) is 9.65. The van der Waals surface area contributed by atoms with Gasteiger partial charge in [0.05, 0.1) is 12.7 Å².